The molecule has 7 heteroatoms. The molecule has 1 N–H and O–H groups in total. The van der Waals surface area contributed by atoms with Gasteiger partial charge in [0.1, 0.15) is 6.61 Å². The molecule has 7 nitrogen and oxygen atoms in total. The minimum atomic E-state index is -0.255. The highest BCUT2D eigenvalue weighted by Crippen LogP contribution is 2.38. The van der Waals surface area contributed by atoms with E-state index < -0.39 is 0 Å². The number of hydrogen-bond donors (Lipinski definition) is 1. The Kier molecular flexibility index (Phi) is 5.66. The molecule has 0 spiro atoms. The lowest BCUT2D eigenvalue weighted by atomic mass is 10.1. The zero-order valence-corrected chi connectivity index (χ0v) is 18.3. The van der Waals surface area contributed by atoms with Crippen molar-refractivity contribution < 1.29 is 14.3 Å². The molecule has 2 bridgehead atoms. The summed E-state index contributed by atoms with van der Waals surface area (Å²) in [4.78, 5) is 32.2. The molecule has 2 heterocycles. The Morgan fingerprint density at radius 2 is 2.03 bits per heavy atom. The lowest BCUT2D eigenvalue weighted by Gasteiger charge is -2.27. The number of carbonyl (C=O) groups excluding carboxylic acids is 2. The number of hydrogen-bond acceptors (Lipinski definition) is 4. The van der Waals surface area contributed by atoms with Crippen LogP contribution >= 0.6 is 0 Å². The zero-order chi connectivity index (χ0) is 22.1. The minimum absolute atomic E-state index is 0.0279. The van der Waals surface area contributed by atoms with Crippen LogP contribution in [-0.4, -0.2) is 52.6 Å². The monoisotopic (exact) mass is 432 g/mol. The van der Waals surface area contributed by atoms with E-state index in [1.165, 1.54) is 19.1 Å². The number of amides is 2. The fraction of sp³-hybridized carbons (Fsp3) is 0.400. The summed E-state index contributed by atoms with van der Waals surface area (Å²) < 4.78 is 7.03. The summed E-state index contributed by atoms with van der Waals surface area (Å²) in [6.07, 6.45) is 6.04. The average molecular weight is 433 g/mol. The Morgan fingerprint density at radius 1 is 1.19 bits per heavy atom. The maximum atomic E-state index is 13.3. The third kappa shape index (κ3) is 4.00. The van der Waals surface area contributed by atoms with E-state index in [-0.39, 0.29) is 18.4 Å². The molecule has 1 saturated carbocycles. The standard InChI is InChI=1S/C25H28N4O3/c1-32-15-23(30)27-22-13-19(25(31)29-14-18-7-8-20(29)11-18)12-21-24(22)28(16-26-21)10-9-17-5-3-2-4-6-17/h2-6,12-13,16,18,20H,7-11,14-15H2,1H3,(H,27,30)/t18-,20-/m0/s1. The molecule has 32 heavy (non-hydrogen) atoms. The van der Waals surface area contributed by atoms with Crippen molar-refractivity contribution in [2.24, 2.45) is 5.92 Å². The number of fused-ring (bicyclic) bond motifs is 3. The molecule has 0 radical (unpaired) electrons. The molecule has 1 aliphatic carbocycles. The van der Waals surface area contributed by atoms with E-state index in [1.54, 1.807) is 12.4 Å². The summed E-state index contributed by atoms with van der Waals surface area (Å²) in [5.74, 6) is 0.403. The van der Waals surface area contributed by atoms with Gasteiger partial charge >= 0.3 is 0 Å². The van der Waals surface area contributed by atoms with Crippen LogP contribution in [0.15, 0.2) is 48.8 Å². The number of piperidine rings is 1. The number of imidazole rings is 1. The summed E-state index contributed by atoms with van der Waals surface area (Å²) in [6.45, 7) is 1.50. The van der Waals surface area contributed by atoms with Crippen LogP contribution in [0, 0.1) is 5.92 Å². The van der Waals surface area contributed by atoms with Crippen molar-refractivity contribution in [3.63, 3.8) is 0 Å². The van der Waals surface area contributed by atoms with Crippen molar-refractivity contribution >= 4 is 28.5 Å². The Labute approximate surface area is 187 Å². The second-order valence-electron chi connectivity index (χ2n) is 8.84. The van der Waals surface area contributed by atoms with Crippen LogP contribution in [0.4, 0.5) is 5.69 Å². The van der Waals surface area contributed by atoms with Gasteiger partial charge in [0.25, 0.3) is 5.91 Å². The highest BCUT2D eigenvalue weighted by molar-refractivity contribution is 6.05. The number of anilines is 1. The average Bonchev–Trinajstić information content (AvgIpc) is 3.54. The normalized spacial score (nSPS) is 19.6. The van der Waals surface area contributed by atoms with E-state index in [0.717, 1.165) is 37.9 Å². The van der Waals surface area contributed by atoms with E-state index in [1.807, 2.05) is 33.7 Å². The number of likely N-dealkylation sites (tertiary alicyclic amines) is 1. The third-order valence-electron chi connectivity index (χ3n) is 6.66. The maximum Gasteiger partial charge on any atom is 0.254 e. The molecule has 0 unspecified atom stereocenters. The maximum absolute atomic E-state index is 13.3. The van der Waals surface area contributed by atoms with E-state index in [0.29, 0.717) is 28.7 Å². The molecule has 5 rings (SSSR count). The number of ether oxygens (including phenoxy) is 1. The predicted molar refractivity (Wildman–Crippen MR) is 123 cm³/mol. The van der Waals surface area contributed by atoms with Crippen LogP contribution in [-0.2, 0) is 22.5 Å². The molecule has 3 aromatic rings. The van der Waals surface area contributed by atoms with Gasteiger partial charge in [-0.3, -0.25) is 9.59 Å². The van der Waals surface area contributed by atoms with Gasteiger partial charge in [-0.15, -0.1) is 0 Å². The Hall–Kier alpha value is -3.19. The molecular formula is C25H28N4O3. The number of benzene rings is 2. The Bertz CT molecular complexity index is 1140. The van der Waals surface area contributed by atoms with E-state index in [4.69, 9.17) is 4.74 Å². The first kappa shape index (κ1) is 20.7. The second-order valence-corrected chi connectivity index (χ2v) is 8.84. The largest absolute Gasteiger partial charge is 0.375 e. The summed E-state index contributed by atoms with van der Waals surface area (Å²) in [5, 5.41) is 2.93. The van der Waals surface area contributed by atoms with Gasteiger partial charge in [-0.2, -0.15) is 0 Å². The quantitative estimate of drug-likeness (QED) is 0.620. The highest BCUT2D eigenvalue weighted by atomic mass is 16.5. The number of aromatic nitrogens is 2. The van der Waals surface area contributed by atoms with E-state index in [2.05, 4.69) is 22.4 Å². The molecule has 2 amide bonds. The third-order valence-corrected chi connectivity index (χ3v) is 6.66. The molecule has 2 aliphatic rings. The van der Waals surface area contributed by atoms with Crippen molar-refractivity contribution in [3.05, 3.63) is 59.9 Å². The van der Waals surface area contributed by atoms with Crippen LogP contribution in [0.5, 0.6) is 0 Å². The SMILES string of the molecule is COCC(=O)Nc1cc(C(=O)N2C[C@H]3CC[C@H]2C3)cc2ncn(CCc3ccccc3)c12. The van der Waals surface area contributed by atoms with Crippen molar-refractivity contribution in [2.45, 2.75) is 38.3 Å². The smallest absolute Gasteiger partial charge is 0.254 e. The fourth-order valence-electron chi connectivity index (χ4n) is 5.15. The van der Waals surface area contributed by atoms with Crippen LogP contribution < -0.4 is 5.32 Å². The number of rotatable bonds is 7. The van der Waals surface area contributed by atoms with Gasteiger partial charge in [-0.25, -0.2) is 4.98 Å². The van der Waals surface area contributed by atoms with Gasteiger partial charge in [0.05, 0.1) is 23.0 Å². The van der Waals surface area contributed by atoms with Crippen LogP contribution in [0.25, 0.3) is 11.0 Å². The molecule has 166 valence electrons. The number of aryl methyl sites for hydroxylation is 2. The molecule has 2 atom stereocenters. The number of nitrogens with one attached hydrogen (secondary N) is 1. The first-order chi connectivity index (χ1) is 15.6. The topological polar surface area (TPSA) is 76.5 Å². The van der Waals surface area contributed by atoms with Gasteiger partial charge in [0, 0.05) is 31.8 Å². The van der Waals surface area contributed by atoms with E-state index in [9.17, 15) is 9.59 Å². The first-order valence-corrected chi connectivity index (χ1v) is 11.2. The zero-order valence-electron chi connectivity index (χ0n) is 18.3. The van der Waals surface area contributed by atoms with Gasteiger partial charge in [0.15, 0.2) is 0 Å². The molecule has 1 aromatic heterocycles. The Morgan fingerprint density at radius 3 is 2.75 bits per heavy atom. The van der Waals surface area contributed by atoms with Gasteiger partial charge in [0.2, 0.25) is 5.91 Å². The fourth-order valence-corrected chi connectivity index (χ4v) is 5.15. The number of carbonyl (C=O) groups is 2. The van der Waals surface area contributed by atoms with Crippen molar-refractivity contribution in [3.8, 4) is 0 Å². The van der Waals surface area contributed by atoms with Crippen molar-refractivity contribution in [1.82, 2.24) is 14.5 Å². The molecular weight excluding hydrogens is 404 g/mol. The number of nitrogens with zero attached hydrogens (tertiary/aromatic N) is 3. The summed E-state index contributed by atoms with van der Waals surface area (Å²) in [6, 6.07) is 14.3. The van der Waals surface area contributed by atoms with Gasteiger partial charge in [-0.05, 0) is 49.3 Å². The highest BCUT2D eigenvalue weighted by Gasteiger charge is 2.40. The predicted octanol–water partition coefficient (Wildman–Crippen LogP) is 3.49. The Balaban J connectivity index is 1.47. The van der Waals surface area contributed by atoms with Gasteiger partial charge < -0.3 is 19.5 Å². The lowest BCUT2D eigenvalue weighted by Crippen LogP contribution is -2.37. The molecule has 2 aromatic carbocycles. The lowest BCUT2D eigenvalue weighted by molar-refractivity contribution is -0.119. The number of methoxy groups -OCH3 is 1. The van der Waals surface area contributed by atoms with Crippen LogP contribution in [0.2, 0.25) is 0 Å². The second kappa shape index (κ2) is 8.74. The summed E-state index contributed by atoms with van der Waals surface area (Å²) in [7, 11) is 1.49. The van der Waals surface area contributed by atoms with Crippen molar-refractivity contribution in [1.29, 1.82) is 0 Å². The van der Waals surface area contributed by atoms with Crippen LogP contribution in [0.3, 0.4) is 0 Å². The summed E-state index contributed by atoms with van der Waals surface area (Å²) >= 11 is 0. The van der Waals surface area contributed by atoms with Gasteiger partial charge in [-0.1, -0.05) is 30.3 Å². The van der Waals surface area contributed by atoms with Crippen LogP contribution in [0.1, 0.15) is 35.2 Å². The van der Waals surface area contributed by atoms with Crippen molar-refractivity contribution in [2.75, 3.05) is 25.6 Å². The molecule has 2 fully saturated rings. The molecule has 1 saturated heterocycles. The van der Waals surface area contributed by atoms with E-state index >= 15 is 0 Å². The minimum Gasteiger partial charge on any atom is -0.375 e. The summed E-state index contributed by atoms with van der Waals surface area (Å²) in [5.41, 5.74) is 3.94. The molecule has 1 aliphatic heterocycles. The first-order valence-electron chi connectivity index (χ1n) is 11.2.